The first-order valence-corrected chi connectivity index (χ1v) is 10.7. The average molecular weight is 434 g/mol. The van der Waals surface area contributed by atoms with Crippen LogP contribution in [0.15, 0.2) is 24.4 Å². The fourth-order valence-electron chi connectivity index (χ4n) is 3.92. The number of ether oxygens (including phenoxy) is 1. The Morgan fingerprint density at radius 1 is 1.26 bits per heavy atom. The largest absolute Gasteiger partial charge is 0.384 e. The number of primary amides is 1. The van der Waals surface area contributed by atoms with E-state index in [1.165, 1.54) is 6.20 Å². The van der Waals surface area contributed by atoms with Crippen LogP contribution in [0.25, 0.3) is 0 Å². The number of amides is 3. The van der Waals surface area contributed by atoms with Crippen LogP contribution in [0.3, 0.4) is 0 Å². The summed E-state index contributed by atoms with van der Waals surface area (Å²) in [7, 11) is 0. The van der Waals surface area contributed by atoms with E-state index in [0.29, 0.717) is 26.1 Å². The third-order valence-corrected chi connectivity index (χ3v) is 5.82. The van der Waals surface area contributed by atoms with Gasteiger partial charge in [-0.3, -0.25) is 19.4 Å². The first-order valence-electron chi connectivity index (χ1n) is 10.7. The summed E-state index contributed by atoms with van der Waals surface area (Å²) >= 11 is 0. The second-order valence-electron chi connectivity index (χ2n) is 8.26. The van der Waals surface area contributed by atoms with Gasteiger partial charge in [0.1, 0.15) is 11.3 Å². The molecule has 0 saturated carbocycles. The SMILES string of the molecule is NC(=O)C1CCN(CCC(=O)N2CCOCC(O)(CNC(=O)c3ccccn3)C2)CC1. The highest BCUT2D eigenvalue weighted by atomic mass is 16.5. The predicted octanol–water partition coefficient (Wildman–Crippen LogP) is -1.01. The van der Waals surface area contributed by atoms with Gasteiger partial charge < -0.3 is 30.7 Å². The summed E-state index contributed by atoms with van der Waals surface area (Å²) < 4.78 is 5.49. The van der Waals surface area contributed by atoms with Gasteiger partial charge in [-0.15, -0.1) is 0 Å². The van der Waals surface area contributed by atoms with Crippen LogP contribution in [0.2, 0.25) is 0 Å². The van der Waals surface area contributed by atoms with Crippen LogP contribution in [0.4, 0.5) is 0 Å². The molecule has 31 heavy (non-hydrogen) atoms. The molecule has 10 heteroatoms. The monoisotopic (exact) mass is 433 g/mol. The van der Waals surface area contributed by atoms with Crippen molar-refractivity contribution in [3.8, 4) is 0 Å². The van der Waals surface area contributed by atoms with Gasteiger partial charge in [0.05, 0.1) is 26.3 Å². The van der Waals surface area contributed by atoms with Gasteiger partial charge >= 0.3 is 0 Å². The molecule has 1 atom stereocenters. The standard InChI is InChI=1S/C21H31N5O5/c22-19(28)16-4-8-25(9-5-16)10-6-18(27)26-11-12-31-15-21(30,14-26)13-24-20(29)17-3-1-2-7-23-17/h1-3,7,16,30H,4-6,8-15H2,(H2,22,28)(H,24,29). The van der Waals surface area contributed by atoms with E-state index >= 15 is 0 Å². The van der Waals surface area contributed by atoms with Crippen molar-refractivity contribution in [1.82, 2.24) is 20.1 Å². The summed E-state index contributed by atoms with van der Waals surface area (Å²) in [6.07, 6.45) is 3.28. The Balaban J connectivity index is 1.48. The number of pyridine rings is 1. The number of carbonyl (C=O) groups is 3. The smallest absolute Gasteiger partial charge is 0.269 e. The normalized spacial score (nSPS) is 23.2. The molecule has 0 bridgehead atoms. The Morgan fingerprint density at radius 2 is 2.03 bits per heavy atom. The minimum atomic E-state index is -1.38. The molecule has 3 heterocycles. The van der Waals surface area contributed by atoms with E-state index in [1.54, 1.807) is 23.1 Å². The first kappa shape index (κ1) is 23.1. The molecule has 170 valence electrons. The number of aliphatic hydroxyl groups is 1. The summed E-state index contributed by atoms with van der Waals surface area (Å²) in [6, 6.07) is 5.01. The first-order chi connectivity index (χ1) is 14.9. The average Bonchev–Trinajstić information content (AvgIpc) is 2.99. The molecule has 3 amide bonds. The molecule has 2 saturated heterocycles. The third kappa shape index (κ3) is 6.71. The van der Waals surface area contributed by atoms with Gasteiger partial charge in [0, 0.05) is 31.6 Å². The van der Waals surface area contributed by atoms with Crippen molar-refractivity contribution in [2.24, 2.45) is 11.7 Å². The van der Waals surface area contributed by atoms with E-state index in [9.17, 15) is 19.5 Å². The number of nitrogens with two attached hydrogens (primary N) is 1. The number of hydrogen-bond donors (Lipinski definition) is 3. The van der Waals surface area contributed by atoms with Crippen molar-refractivity contribution in [1.29, 1.82) is 0 Å². The Morgan fingerprint density at radius 3 is 2.71 bits per heavy atom. The van der Waals surface area contributed by atoms with E-state index in [4.69, 9.17) is 10.5 Å². The summed E-state index contributed by atoms with van der Waals surface area (Å²) in [6.45, 7) is 2.85. The third-order valence-electron chi connectivity index (χ3n) is 5.82. The van der Waals surface area contributed by atoms with Crippen LogP contribution in [-0.4, -0.2) is 95.7 Å². The summed E-state index contributed by atoms with van der Waals surface area (Å²) in [5.74, 6) is -0.798. The van der Waals surface area contributed by atoms with Crippen LogP contribution >= 0.6 is 0 Å². The van der Waals surface area contributed by atoms with Crippen molar-refractivity contribution in [2.45, 2.75) is 24.9 Å². The van der Waals surface area contributed by atoms with Gasteiger partial charge in [-0.05, 0) is 38.1 Å². The lowest BCUT2D eigenvalue weighted by Crippen LogP contribution is -2.53. The van der Waals surface area contributed by atoms with Gasteiger partial charge in [0.25, 0.3) is 5.91 Å². The van der Waals surface area contributed by atoms with E-state index < -0.39 is 11.5 Å². The maximum atomic E-state index is 12.8. The molecule has 0 radical (unpaired) electrons. The maximum absolute atomic E-state index is 12.8. The number of nitrogens with one attached hydrogen (secondary N) is 1. The highest BCUT2D eigenvalue weighted by molar-refractivity contribution is 5.92. The number of aromatic nitrogens is 1. The van der Waals surface area contributed by atoms with Gasteiger partial charge in [-0.25, -0.2) is 0 Å². The molecule has 0 spiro atoms. The number of nitrogens with zero attached hydrogens (tertiary/aromatic N) is 3. The summed E-state index contributed by atoms with van der Waals surface area (Å²) in [5.41, 5.74) is 4.24. The molecular formula is C21H31N5O5. The van der Waals surface area contributed by atoms with Crippen LogP contribution in [0, 0.1) is 5.92 Å². The van der Waals surface area contributed by atoms with Crippen molar-refractivity contribution >= 4 is 17.7 Å². The molecule has 4 N–H and O–H groups in total. The molecule has 0 aliphatic carbocycles. The fraction of sp³-hybridized carbons (Fsp3) is 0.619. The Hall–Kier alpha value is -2.56. The molecule has 2 fully saturated rings. The number of rotatable bonds is 7. The molecule has 10 nitrogen and oxygen atoms in total. The van der Waals surface area contributed by atoms with Crippen LogP contribution in [0.5, 0.6) is 0 Å². The molecule has 0 aromatic carbocycles. The zero-order chi connectivity index (χ0) is 22.3. The van der Waals surface area contributed by atoms with Gasteiger partial charge in [-0.1, -0.05) is 6.07 Å². The minimum Gasteiger partial charge on any atom is -0.384 e. The molecule has 1 aromatic heterocycles. The minimum absolute atomic E-state index is 0.0277. The van der Waals surface area contributed by atoms with Gasteiger partial charge in [-0.2, -0.15) is 0 Å². The summed E-state index contributed by atoms with van der Waals surface area (Å²) in [5, 5.41) is 13.6. The Bertz CT molecular complexity index is 769. The lowest BCUT2D eigenvalue weighted by atomic mass is 9.96. The highest BCUT2D eigenvalue weighted by Crippen LogP contribution is 2.18. The molecule has 3 rings (SSSR count). The topological polar surface area (TPSA) is 138 Å². The van der Waals surface area contributed by atoms with Crippen LogP contribution < -0.4 is 11.1 Å². The molecule has 2 aliphatic heterocycles. The number of hydrogen-bond acceptors (Lipinski definition) is 7. The second-order valence-corrected chi connectivity index (χ2v) is 8.26. The lowest BCUT2D eigenvalue weighted by Gasteiger charge is -2.33. The van der Waals surface area contributed by atoms with E-state index in [2.05, 4.69) is 15.2 Å². The quantitative estimate of drug-likeness (QED) is 0.501. The molecular weight excluding hydrogens is 402 g/mol. The van der Waals surface area contributed by atoms with Gasteiger partial charge in [0.15, 0.2) is 0 Å². The highest BCUT2D eigenvalue weighted by Gasteiger charge is 2.35. The van der Waals surface area contributed by atoms with E-state index in [0.717, 1.165) is 25.9 Å². The maximum Gasteiger partial charge on any atom is 0.269 e. The fourth-order valence-corrected chi connectivity index (χ4v) is 3.92. The van der Waals surface area contributed by atoms with Crippen LogP contribution in [0.1, 0.15) is 29.8 Å². The Kier molecular flexibility index (Phi) is 7.94. The number of β-amino-alcohol motifs (C(OH)–C–C–N with tert-alkyl or cyclic N) is 1. The molecule has 1 unspecified atom stereocenters. The van der Waals surface area contributed by atoms with Crippen molar-refractivity contribution < 1.29 is 24.2 Å². The van der Waals surface area contributed by atoms with E-state index in [1.807, 2.05) is 0 Å². The molecule has 2 aliphatic rings. The number of carbonyl (C=O) groups excluding carboxylic acids is 3. The van der Waals surface area contributed by atoms with Gasteiger partial charge in [0.2, 0.25) is 11.8 Å². The molecule has 1 aromatic rings. The van der Waals surface area contributed by atoms with Crippen LogP contribution in [-0.2, 0) is 14.3 Å². The van der Waals surface area contributed by atoms with Crippen molar-refractivity contribution in [3.63, 3.8) is 0 Å². The predicted molar refractivity (Wildman–Crippen MR) is 112 cm³/mol. The number of likely N-dealkylation sites (tertiary alicyclic amines) is 1. The zero-order valence-electron chi connectivity index (χ0n) is 17.7. The van der Waals surface area contributed by atoms with Crippen molar-refractivity contribution in [2.75, 3.05) is 52.5 Å². The van der Waals surface area contributed by atoms with Crippen molar-refractivity contribution in [3.05, 3.63) is 30.1 Å². The summed E-state index contributed by atoms with van der Waals surface area (Å²) in [4.78, 5) is 44.0. The lowest BCUT2D eigenvalue weighted by molar-refractivity contribution is -0.134. The second kappa shape index (κ2) is 10.7. The number of piperidine rings is 1. The van der Waals surface area contributed by atoms with E-state index in [-0.39, 0.29) is 43.1 Å². The Labute approximate surface area is 181 Å². The zero-order valence-corrected chi connectivity index (χ0v) is 17.7.